The van der Waals surface area contributed by atoms with E-state index in [1.165, 1.54) is 0 Å². The third-order valence-electron chi connectivity index (χ3n) is 4.74. The number of hydrogen-bond donors (Lipinski definition) is 1. The number of para-hydroxylation sites is 2. The van der Waals surface area contributed by atoms with Gasteiger partial charge >= 0.3 is 0 Å². The van der Waals surface area contributed by atoms with E-state index >= 15 is 0 Å². The summed E-state index contributed by atoms with van der Waals surface area (Å²) in [7, 11) is 3.55. The zero-order valence-corrected chi connectivity index (χ0v) is 14.7. The molecule has 0 unspecified atom stereocenters. The van der Waals surface area contributed by atoms with Crippen molar-refractivity contribution in [3.05, 3.63) is 30.1 Å². The van der Waals surface area contributed by atoms with Crippen LogP contribution in [0.15, 0.2) is 24.3 Å². The van der Waals surface area contributed by atoms with Crippen LogP contribution >= 0.6 is 0 Å². The predicted octanol–water partition coefficient (Wildman–Crippen LogP) is 1.07. The minimum absolute atomic E-state index is 0.0260. The molecule has 134 valence electrons. The molecule has 7 nitrogen and oxygen atoms in total. The third kappa shape index (κ3) is 3.82. The summed E-state index contributed by atoms with van der Waals surface area (Å²) >= 11 is 0. The van der Waals surface area contributed by atoms with E-state index in [2.05, 4.69) is 10.3 Å². The first-order valence-electron chi connectivity index (χ1n) is 8.55. The van der Waals surface area contributed by atoms with Crippen molar-refractivity contribution >= 4 is 22.8 Å². The molecule has 1 aliphatic rings. The first-order chi connectivity index (χ1) is 12.1. The summed E-state index contributed by atoms with van der Waals surface area (Å²) in [5.74, 6) is 0.709. The molecule has 0 saturated carbocycles. The normalized spacial score (nSPS) is 17.9. The summed E-state index contributed by atoms with van der Waals surface area (Å²) in [6.07, 6.45) is 1.00. The number of amides is 2. The van der Waals surface area contributed by atoms with Crippen LogP contribution in [0.25, 0.3) is 11.0 Å². The van der Waals surface area contributed by atoms with Crippen molar-refractivity contribution in [2.45, 2.75) is 19.4 Å². The molecule has 0 spiro atoms. The molecule has 0 aliphatic carbocycles. The molecule has 3 rings (SSSR count). The van der Waals surface area contributed by atoms with Crippen LogP contribution in [0, 0.1) is 5.92 Å². The van der Waals surface area contributed by atoms with Gasteiger partial charge in [0.1, 0.15) is 5.82 Å². The second-order valence-electron chi connectivity index (χ2n) is 6.36. The maximum atomic E-state index is 12.5. The lowest BCUT2D eigenvalue weighted by molar-refractivity contribution is -0.139. The van der Waals surface area contributed by atoms with E-state index in [1.54, 1.807) is 12.0 Å². The molecule has 7 heteroatoms. The number of ether oxygens (including phenoxy) is 1. The summed E-state index contributed by atoms with van der Waals surface area (Å²) in [5.41, 5.74) is 1.96. The molecule has 25 heavy (non-hydrogen) atoms. The van der Waals surface area contributed by atoms with Crippen LogP contribution in [-0.2, 0) is 27.9 Å². The fraction of sp³-hybridized carbons (Fsp3) is 0.500. The minimum atomic E-state index is -0.177. The fourth-order valence-corrected chi connectivity index (χ4v) is 3.21. The molecule has 2 aromatic rings. The van der Waals surface area contributed by atoms with Gasteiger partial charge < -0.3 is 19.5 Å². The van der Waals surface area contributed by atoms with Gasteiger partial charge in [-0.25, -0.2) is 4.98 Å². The average molecular weight is 344 g/mol. The van der Waals surface area contributed by atoms with Crippen molar-refractivity contribution in [1.29, 1.82) is 0 Å². The number of aryl methyl sites for hydroxylation is 1. The first kappa shape index (κ1) is 17.4. The Morgan fingerprint density at radius 2 is 2.20 bits per heavy atom. The maximum Gasteiger partial charge on any atom is 0.225 e. The Kier molecular flexibility index (Phi) is 5.33. The number of fused-ring (bicyclic) bond motifs is 1. The standard InChI is InChI=1S/C18H24N4O3/c1-21-15-6-4-3-5-14(15)20-16(21)11-19-18(24)13-7-8-17(23)22(12-13)9-10-25-2/h3-6,13H,7-12H2,1-2H3,(H,19,24)/t13-/m0/s1. The Bertz CT molecular complexity index is 771. The van der Waals surface area contributed by atoms with E-state index in [-0.39, 0.29) is 17.7 Å². The van der Waals surface area contributed by atoms with Gasteiger partial charge in [0.05, 0.1) is 30.1 Å². The maximum absolute atomic E-state index is 12.5. The first-order valence-corrected chi connectivity index (χ1v) is 8.55. The summed E-state index contributed by atoms with van der Waals surface area (Å²) in [4.78, 5) is 30.7. The van der Waals surface area contributed by atoms with E-state index in [1.807, 2.05) is 35.9 Å². The second-order valence-corrected chi connectivity index (χ2v) is 6.36. The highest BCUT2D eigenvalue weighted by molar-refractivity contribution is 5.84. The number of likely N-dealkylation sites (tertiary alicyclic amines) is 1. The molecule has 2 heterocycles. The number of carbonyl (C=O) groups is 2. The van der Waals surface area contributed by atoms with E-state index in [0.717, 1.165) is 16.9 Å². The number of benzene rings is 1. The number of nitrogens with zero attached hydrogens (tertiary/aromatic N) is 3. The van der Waals surface area contributed by atoms with Gasteiger partial charge in [0.25, 0.3) is 0 Å². The largest absolute Gasteiger partial charge is 0.383 e. The average Bonchev–Trinajstić information content (AvgIpc) is 2.95. The van der Waals surface area contributed by atoms with Crippen LogP contribution in [0.5, 0.6) is 0 Å². The molecule has 1 N–H and O–H groups in total. The number of imidazole rings is 1. The van der Waals surface area contributed by atoms with Crippen molar-refractivity contribution in [2.24, 2.45) is 13.0 Å². The third-order valence-corrected chi connectivity index (χ3v) is 4.74. The van der Waals surface area contributed by atoms with E-state index in [9.17, 15) is 9.59 Å². The molecular formula is C18H24N4O3. The van der Waals surface area contributed by atoms with Crippen LogP contribution in [0.2, 0.25) is 0 Å². The van der Waals surface area contributed by atoms with Crippen LogP contribution < -0.4 is 5.32 Å². The topological polar surface area (TPSA) is 76.5 Å². The lowest BCUT2D eigenvalue weighted by atomic mass is 9.96. The van der Waals surface area contributed by atoms with Crippen LogP contribution in [0.4, 0.5) is 0 Å². The van der Waals surface area contributed by atoms with Gasteiger partial charge in [-0.3, -0.25) is 9.59 Å². The van der Waals surface area contributed by atoms with Gasteiger partial charge in [0.15, 0.2) is 0 Å². The van der Waals surface area contributed by atoms with Crippen LogP contribution in [-0.4, -0.2) is 53.1 Å². The van der Waals surface area contributed by atoms with Crippen LogP contribution in [0.1, 0.15) is 18.7 Å². The highest BCUT2D eigenvalue weighted by Crippen LogP contribution is 2.18. The fourth-order valence-electron chi connectivity index (χ4n) is 3.21. The van der Waals surface area contributed by atoms with Gasteiger partial charge in [-0.2, -0.15) is 0 Å². The molecule has 0 radical (unpaired) electrons. The number of methoxy groups -OCH3 is 1. The molecule has 1 aliphatic heterocycles. The van der Waals surface area contributed by atoms with E-state index < -0.39 is 0 Å². The van der Waals surface area contributed by atoms with Gasteiger partial charge in [-0.15, -0.1) is 0 Å². The van der Waals surface area contributed by atoms with Crippen molar-refractivity contribution in [2.75, 3.05) is 26.8 Å². The molecular weight excluding hydrogens is 320 g/mol. The van der Waals surface area contributed by atoms with Gasteiger partial charge in [-0.1, -0.05) is 12.1 Å². The smallest absolute Gasteiger partial charge is 0.225 e. The molecule has 1 fully saturated rings. The summed E-state index contributed by atoms with van der Waals surface area (Å²) in [6.45, 7) is 1.85. The van der Waals surface area contributed by atoms with Crippen molar-refractivity contribution in [1.82, 2.24) is 19.8 Å². The molecule has 1 saturated heterocycles. The van der Waals surface area contributed by atoms with E-state index in [4.69, 9.17) is 4.74 Å². The molecule has 0 bridgehead atoms. The van der Waals surface area contributed by atoms with Gasteiger partial charge in [0, 0.05) is 33.7 Å². The number of nitrogens with one attached hydrogen (secondary N) is 1. The zero-order valence-electron chi connectivity index (χ0n) is 14.7. The summed E-state index contributed by atoms with van der Waals surface area (Å²) in [5, 5.41) is 2.97. The second kappa shape index (κ2) is 7.65. The SMILES string of the molecule is COCCN1C[C@@H](C(=O)NCc2nc3ccccc3n2C)CCC1=O. The van der Waals surface area contributed by atoms with Crippen molar-refractivity contribution < 1.29 is 14.3 Å². The monoisotopic (exact) mass is 344 g/mol. The van der Waals surface area contributed by atoms with Crippen molar-refractivity contribution in [3.63, 3.8) is 0 Å². The Morgan fingerprint density at radius 1 is 1.40 bits per heavy atom. The van der Waals surface area contributed by atoms with E-state index in [0.29, 0.717) is 39.1 Å². The summed E-state index contributed by atoms with van der Waals surface area (Å²) < 4.78 is 7.02. The Labute approximate surface area is 147 Å². The highest BCUT2D eigenvalue weighted by atomic mass is 16.5. The molecule has 1 aromatic heterocycles. The predicted molar refractivity (Wildman–Crippen MR) is 93.7 cm³/mol. The molecule has 2 amide bonds. The van der Waals surface area contributed by atoms with Crippen LogP contribution in [0.3, 0.4) is 0 Å². The van der Waals surface area contributed by atoms with Crippen molar-refractivity contribution in [3.8, 4) is 0 Å². The lowest BCUT2D eigenvalue weighted by Gasteiger charge is -2.31. The minimum Gasteiger partial charge on any atom is -0.383 e. The summed E-state index contributed by atoms with van der Waals surface area (Å²) in [6, 6.07) is 7.89. The van der Waals surface area contributed by atoms with Gasteiger partial charge in [-0.05, 0) is 18.6 Å². The number of hydrogen-bond acceptors (Lipinski definition) is 4. The molecule has 1 atom stereocenters. The van der Waals surface area contributed by atoms with Gasteiger partial charge in [0.2, 0.25) is 11.8 Å². The molecule has 1 aromatic carbocycles. The Hall–Kier alpha value is -2.41. The number of aromatic nitrogens is 2. The Balaban J connectivity index is 1.60. The quantitative estimate of drug-likeness (QED) is 0.851. The number of rotatable bonds is 6. The lowest BCUT2D eigenvalue weighted by Crippen LogP contribution is -2.46. The zero-order chi connectivity index (χ0) is 17.8. The number of carbonyl (C=O) groups excluding carboxylic acids is 2. The highest BCUT2D eigenvalue weighted by Gasteiger charge is 2.30. The number of piperidine rings is 1. The Morgan fingerprint density at radius 3 is 2.96 bits per heavy atom.